The second kappa shape index (κ2) is 7.90. The highest BCUT2D eigenvalue weighted by molar-refractivity contribution is 5.60. The summed E-state index contributed by atoms with van der Waals surface area (Å²) in [6, 6.07) is 10.2. The highest BCUT2D eigenvalue weighted by Crippen LogP contribution is 2.20. The fourth-order valence-corrected chi connectivity index (χ4v) is 2.20. The molecule has 1 heterocycles. The molecule has 0 amide bonds. The molecule has 0 unspecified atom stereocenters. The average molecular weight is 288 g/mol. The maximum atomic E-state index is 9.28. The van der Waals surface area contributed by atoms with Crippen molar-refractivity contribution in [1.29, 1.82) is 0 Å². The molecule has 5 heteroatoms. The van der Waals surface area contributed by atoms with E-state index in [0.29, 0.717) is 6.54 Å². The van der Waals surface area contributed by atoms with Crippen LogP contribution in [0.25, 0.3) is 11.3 Å². The van der Waals surface area contributed by atoms with Crippen molar-refractivity contribution in [2.75, 3.05) is 6.61 Å². The Morgan fingerprint density at radius 3 is 2.57 bits per heavy atom. The van der Waals surface area contributed by atoms with Crippen LogP contribution < -0.4 is 5.32 Å². The van der Waals surface area contributed by atoms with E-state index in [1.165, 1.54) is 0 Å². The normalized spacial score (nSPS) is 12.5. The van der Waals surface area contributed by atoms with Crippen molar-refractivity contribution >= 4 is 0 Å². The third kappa shape index (κ3) is 4.12. The summed E-state index contributed by atoms with van der Waals surface area (Å²) in [4.78, 5) is 1.76. The van der Waals surface area contributed by atoms with Crippen molar-refractivity contribution in [3.63, 3.8) is 0 Å². The van der Waals surface area contributed by atoms with Gasteiger partial charge in [0.2, 0.25) is 0 Å². The molecule has 0 fully saturated rings. The van der Waals surface area contributed by atoms with Gasteiger partial charge in [0.15, 0.2) is 0 Å². The minimum atomic E-state index is 0.102. The molecule has 21 heavy (non-hydrogen) atoms. The van der Waals surface area contributed by atoms with Gasteiger partial charge >= 0.3 is 0 Å². The van der Waals surface area contributed by atoms with E-state index in [1.807, 2.05) is 30.3 Å². The molecule has 2 aromatic rings. The Kier molecular flexibility index (Phi) is 5.90. The smallest absolute Gasteiger partial charge is 0.117 e. The topological polar surface area (TPSA) is 63.0 Å². The molecule has 0 saturated carbocycles. The summed E-state index contributed by atoms with van der Waals surface area (Å²) in [5.74, 6) is 0. The molecule has 2 rings (SSSR count). The van der Waals surface area contributed by atoms with Crippen LogP contribution in [-0.2, 0) is 13.1 Å². The molecule has 114 valence electrons. The Morgan fingerprint density at radius 1 is 1.19 bits per heavy atom. The monoisotopic (exact) mass is 288 g/mol. The molecular weight excluding hydrogens is 264 g/mol. The zero-order chi connectivity index (χ0) is 15.1. The predicted molar refractivity (Wildman–Crippen MR) is 83.8 cm³/mol. The SMILES string of the molecule is CCCn1nc(CN[C@H](CC)CO)c(-c2ccccc2)n1. The van der Waals surface area contributed by atoms with Crippen LogP contribution in [-0.4, -0.2) is 32.7 Å². The highest BCUT2D eigenvalue weighted by Gasteiger charge is 2.14. The molecule has 0 aliphatic carbocycles. The lowest BCUT2D eigenvalue weighted by Gasteiger charge is -2.12. The maximum Gasteiger partial charge on any atom is 0.117 e. The van der Waals surface area contributed by atoms with Gasteiger partial charge in [0.1, 0.15) is 11.4 Å². The number of hydrogen-bond acceptors (Lipinski definition) is 4. The molecule has 0 radical (unpaired) electrons. The molecule has 2 N–H and O–H groups in total. The maximum absolute atomic E-state index is 9.28. The number of aromatic nitrogens is 3. The summed E-state index contributed by atoms with van der Waals surface area (Å²) in [6.45, 7) is 5.74. The first-order chi connectivity index (χ1) is 10.3. The van der Waals surface area contributed by atoms with Crippen LogP contribution in [0.2, 0.25) is 0 Å². The zero-order valence-electron chi connectivity index (χ0n) is 12.8. The quantitative estimate of drug-likeness (QED) is 0.782. The Bertz CT molecular complexity index is 534. The number of aryl methyl sites for hydroxylation is 1. The van der Waals surface area contributed by atoms with E-state index in [0.717, 1.165) is 36.3 Å². The van der Waals surface area contributed by atoms with Gasteiger partial charge in [-0.05, 0) is 12.8 Å². The van der Waals surface area contributed by atoms with Crippen LogP contribution in [0.4, 0.5) is 0 Å². The number of nitrogens with zero attached hydrogens (tertiary/aromatic N) is 3. The molecule has 5 nitrogen and oxygen atoms in total. The van der Waals surface area contributed by atoms with Crippen molar-refractivity contribution in [2.45, 2.75) is 45.8 Å². The Hall–Kier alpha value is -1.72. The molecular formula is C16H24N4O. The molecule has 0 aliphatic rings. The van der Waals surface area contributed by atoms with Gasteiger partial charge in [-0.1, -0.05) is 44.2 Å². The van der Waals surface area contributed by atoms with Crippen LogP contribution in [0.15, 0.2) is 30.3 Å². The molecule has 0 spiro atoms. The van der Waals surface area contributed by atoms with Crippen molar-refractivity contribution in [3.8, 4) is 11.3 Å². The Balaban J connectivity index is 2.21. The second-order valence-corrected chi connectivity index (χ2v) is 5.13. The first-order valence-corrected chi connectivity index (χ1v) is 7.62. The van der Waals surface area contributed by atoms with Gasteiger partial charge in [-0.2, -0.15) is 15.0 Å². The van der Waals surface area contributed by atoms with Crippen molar-refractivity contribution in [1.82, 2.24) is 20.3 Å². The number of aliphatic hydroxyl groups is 1. The first-order valence-electron chi connectivity index (χ1n) is 7.62. The lowest BCUT2D eigenvalue weighted by Crippen LogP contribution is -2.31. The van der Waals surface area contributed by atoms with E-state index in [1.54, 1.807) is 4.80 Å². The first kappa shape index (κ1) is 15.7. The highest BCUT2D eigenvalue weighted by atomic mass is 16.3. The van der Waals surface area contributed by atoms with E-state index in [4.69, 9.17) is 0 Å². The largest absolute Gasteiger partial charge is 0.395 e. The van der Waals surface area contributed by atoms with Crippen molar-refractivity contribution in [3.05, 3.63) is 36.0 Å². The Morgan fingerprint density at radius 2 is 1.95 bits per heavy atom. The molecule has 1 atom stereocenters. The standard InChI is InChI=1S/C16H24N4O/c1-3-10-20-18-15(11-17-14(4-2)12-21)16(19-20)13-8-6-5-7-9-13/h5-9,14,17,21H,3-4,10-12H2,1-2H3/t14-/m1/s1. The summed E-state index contributed by atoms with van der Waals surface area (Å²) >= 11 is 0. The van der Waals surface area contributed by atoms with Crippen molar-refractivity contribution in [2.24, 2.45) is 0 Å². The van der Waals surface area contributed by atoms with E-state index in [-0.39, 0.29) is 12.6 Å². The van der Waals surface area contributed by atoms with Crippen LogP contribution >= 0.6 is 0 Å². The average Bonchev–Trinajstić information content (AvgIpc) is 2.92. The lowest BCUT2D eigenvalue weighted by molar-refractivity contribution is 0.238. The molecule has 1 aromatic heterocycles. The fourth-order valence-electron chi connectivity index (χ4n) is 2.20. The van der Waals surface area contributed by atoms with Crippen molar-refractivity contribution < 1.29 is 5.11 Å². The van der Waals surface area contributed by atoms with E-state index in [9.17, 15) is 5.11 Å². The zero-order valence-corrected chi connectivity index (χ0v) is 12.8. The summed E-state index contributed by atoms with van der Waals surface area (Å²) < 4.78 is 0. The minimum absolute atomic E-state index is 0.102. The van der Waals surface area contributed by atoms with Gasteiger partial charge in [0.25, 0.3) is 0 Å². The number of benzene rings is 1. The minimum Gasteiger partial charge on any atom is -0.395 e. The van der Waals surface area contributed by atoms with Gasteiger partial charge < -0.3 is 10.4 Å². The third-order valence-corrected chi connectivity index (χ3v) is 3.47. The molecule has 0 saturated heterocycles. The molecule has 0 bridgehead atoms. The van der Waals surface area contributed by atoms with Gasteiger partial charge in [0, 0.05) is 18.2 Å². The van der Waals surface area contributed by atoms with Gasteiger partial charge in [0.05, 0.1) is 13.2 Å². The van der Waals surface area contributed by atoms with E-state index in [2.05, 4.69) is 29.4 Å². The van der Waals surface area contributed by atoms with Gasteiger partial charge in [-0.3, -0.25) is 0 Å². The fraction of sp³-hybridized carbons (Fsp3) is 0.500. The van der Waals surface area contributed by atoms with Gasteiger partial charge in [-0.25, -0.2) is 0 Å². The van der Waals surface area contributed by atoms with Gasteiger partial charge in [-0.15, -0.1) is 0 Å². The number of rotatable bonds is 8. The second-order valence-electron chi connectivity index (χ2n) is 5.13. The van der Waals surface area contributed by atoms with E-state index < -0.39 is 0 Å². The van der Waals surface area contributed by atoms with Crippen LogP contribution in [0, 0.1) is 0 Å². The number of nitrogens with one attached hydrogen (secondary N) is 1. The van der Waals surface area contributed by atoms with Crippen LogP contribution in [0.5, 0.6) is 0 Å². The summed E-state index contributed by atoms with van der Waals surface area (Å²) in [5.41, 5.74) is 2.93. The summed E-state index contributed by atoms with van der Waals surface area (Å²) in [5, 5.41) is 21.8. The molecule has 1 aromatic carbocycles. The molecule has 0 aliphatic heterocycles. The lowest BCUT2D eigenvalue weighted by atomic mass is 10.1. The van der Waals surface area contributed by atoms with Crippen LogP contribution in [0.3, 0.4) is 0 Å². The Labute approximate surface area is 126 Å². The summed E-state index contributed by atoms with van der Waals surface area (Å²) in [6.07, 6.45) is 1.89. The number of aliphatic hydroxyl groups excluding tert-OH is 1. The number of hydrogen-bond donors (Lipinski definition) is 2. The third-order valence-electron chi connectivity index (χ3n) is 3.47. The van der Waals surface area contributed by atoms with E-state index >= 15 is 0 Å². The summed E-state index contributed by atoms with van der Waals surface area (Å²) in [7, 11) is 0. The predicted octanol–water partition coefficient (Wildman–Crippen LogP) is 2.22. The van der Waals surface area contributed by atoms with Crippen LogP contribution in [0.1, 0.15) is 32.4 Å².